The second-order valence-electron chi connectivity index (χ2n) is 9.35. The molecule has 0 aromatic heterocycles. The number of carbonyl (C=O) groups excluding carboxylic acids is 3. The molecule has 8 nitrogen and oxygen atoms in total. The Morgan fingerprint density at radius 3 is 2.35 bits per heavy atom. The number of benzene rings is 3. The molecule has 2 heterocycles. The number of anilines is 4. The third-order valence-corrected chi connectivity index (χ3v) is 6.63. The smallest absolute Gasteiger partial charge is 0.257 e. The average Bonchev–Trinajstić information content (AvgIpc) is 3.21. The number of rotatable bonds is 6. The van der Waals surface area contributed by atoms with Crippen LogP contribution in [0.15, 0.2) is 72.9 Å². The number of hydrogen-bond donors (Lipinski definition) is 3. The van der Waals surface area contributed by atoms with Gasteiger partial charge in [-0.2, -0.15) is 0 Å². The molecule has 1 fully saturated rings. The van der Waals surface area contributed by atoms with Gasteiger partial charge in [0, 0.05) is 78.7 Å². The fourth-order valence-electron chi connectivity index (χ4n) is 4.57. The molecule has 0 unspecified atom stereocenters. The molecule has 0 spiro atoms. The Morgan fingerprint density at radius 1 is 0.892 bits per heavy atom. The Bertz CT molecular complexity index is 1390. The summed E-state index contributed by atoms with van der Waals surface area (Å²) in [5, 5.41) is 8.78. The number of nitrogens with zero attached hydrogens (tertiary/aromatic N) is 2. The van der Waals surface area contributed by atoms with Gasteiger partial charge in [0.15, 0.2) is 5.78 Å². The Balaban J connectivity index is 1.33. The average molecular weight is 496 g/mol. The summed E-state index contributed by atoms with van der Waals surface area (Å²) in [7, 11) is 2.14. The summed E-state index contributed by atoms with van der Waals surface area (Å²) in [4.78, 5) is 41.9. The van der Waals surface area contributed by atoms with Gasteiger partial charge in [0.05, 0.1) is 5.57 Å². The van der Waals surface area contributed by atoms with Gasteiger partial charge < -0.3 is 25.8 Å². The van der Waals surface area contributed by atoms with E-state index >= 15 is 0 Å². The first-order valence-electron chi connectivity index (χ1n) is 12.3. The monoisotopic (exact) mass is 495 g/mol. The van der Waals surface area contributed by atoms with Crippen LogP contribution in [0.4, 0.5) is 22.7 Å². The van der Waals surface area contributed by atoms with E-state index in [1.54, 1.807) is 48.7 Å². The lowest BCUT2D eigenvalue weighted by molar-refractivity contribution is -0.114. The summed E-state index contributed by atoms with van der Waals surface area (Å²) in [6.45, 7) is 5.52. The van der Waals surface area contributed by atoms with Gasteiger partial charge >= 0.3 is 0 Å². The highest BCUT2D eigenvalue weighted by atomic mass is 16.2. The van der Waals surface area contributed by atoms with E-state index in [9.17, 15) is 14.4 Å². The van der Waals surface area contributed by atoms with Crippen LogP contribution in [0.1, 0.15) is 28.4 Å². The van der Waals surface area contributed by atoms with Crippen LogP contribution in [0.2, 0.25) is 0 Å². The summed E-state index contributed by atoms with van der Waals surface area (Å²) in [5.74, 6) is -0.627. The van der Waals surface area contributed by atoms with Crippen molar-refractivity contribution in [2.75, 3.05) is 54.1 Å². The van der Waals surface area contributed by atoms with Crippen molar-refractivity contribution in [2.24, 2.45) is 0 Å². The van der Waals surface area contributed by atoms with Crippen LogP contribution in [0, 0.1) is 0 Å². The van der Waals surface area contributed by atoms with Crippen LogP contribution in [-0.2, 0) is 9.59 Å². The number of piperazine rings is 1. The first-order valence-corrected chi connectivity index (χ1v) is 12.3. The first kappa shape index (κ1) is 24.3. The van der Waals surface area contributed by atoms with Crippen LogP contribution in [0.5, 0.6) is 0 Å². The highest BCUT2D eigenvalue weighted by molar-refractivity contribution is 6.32. The Kier molecular flexibility index (Phi) is 6.74. The van der Waals surface area contributed by atoms with E-state index < -0.39 is 0 Å². The Morgan fingerprint density at radius 2 is 1.62 bits per heavy atom. The van der Waals surface area contributed by atoms with Gasteiger partial charge in [-0.05, 0) is 61.6 Å². The molecule has 2 amide bonds. The minimum absolute atomic E-state index is 0.193. The molecule has 0 saturated carbocycles. The van der Waals surface area contributed by atoms with Crippen LogP contribution < -0.4 is 20.9 Å². The molecule has 2 aliphatic rings. The van der Waals surface area contributed by atoms with Crippen LogP contribution >= 0.6 is 0 Å². The van der Waals surface area contributed by atoms with Gasteiger partial charge in [0.2, 0.25) is 5.91 Å². The summed E-state index contributed by atoms with van der Waals surface area (Å²) in [5.41, 5.74) is 5.29. The maximum absolute atomic E-state index is 13.2. The normalized spacial score (nSPS) is 16.3. The second-order valence-corrected chi connectivity index (χ2v) is 9.35. The third kappa shape index (κ3) is 5.39. The van der Waals surface area contributed by atoms with E-state index in [2.05, 4.69) is 44.9 Å². The molecular formula is C29H29N5O3. The minimum Gasteiger partial charge on any atom is -0.369 e. The van der Waals surface area contributed by atoms with Crippen molar-refractivity contribution in [3.05, 3.63) is 89.6 Å². The molecule has 0 radical (unpaired) electrons. The number of ketones is 1. The lowest BCUT2D eigenvalue weighted by Gasteiger charge is -2.34. The number of amides is 2. The maximum atomic E-state index is 13.2. The summed E-state index contributed by atoms with van der Waals surface area (Å²) in [6.07, 6.45) is 1.68. The molecule has 0 bridgehead atoms. The molecule has 5 rings (SSSR count). The van der Waals surface area contributed by atoms with Crippen LogP contribution in [-0.4, -0.2) is 55.7 Å². The van der Waals surface area contributed by atoms with E-state index in [1.165, 1.54) is 12.6 Å². The summed E-state index contributed by atoms with van der Waals surface area (Å²) >= 11 is 0. The molecule has 3 aromatic carbocycles. The lowest BCUT2D eigenvalue weighted by Crippen LogP contribution is -2.44. The largest absolute Gasteiger partial charge is 0.369 e. The van der Waals surface area contributed by atoms with E-state index in [4.69, 9.17) is 0 Å². The number of nitrogens with one attached hydrogen (secondary N) is 3. The van der Waals surface area contributed by atoms with Gasteiger partial charge in [0.25, 0.3) is 5.91 Å². The zero-order valence-corrected chi connectivity index (χ0v) is 20.9. The van der Waals surface area contributed by atoms with Crippen molar-refractivity contribution in [2.45, 2.75) is 6.92 Å². The topological polar surface area (TPSA) is 93.8 Å². The predicted molar refractivity (Wildman–Crippen MR) is 147 cm³/mol. The van der Waals surface area contributed by atoms with E-state index in [0.717, 1.165) is 31.9 Å². The highest BCUT2D eigenvalue weighted by Gasteiger charge is 2.25. The zero-order chi connectivity index (χ0) is 25.9. The first-order chi connectivity index (χ1) is 17.9. The maximum Gasteiger partial charge on any atom is 0.257 e. The number of fused-ring (bicyclic) bond motifs is 1. The molecule has 8 heteroatoms. The third-order valence-electron chi connectivity index (χ3n) is 6.63. The molecule has 3 N–H and O–H groups in total. The Labute approximate surface area is 216 Å². The van der Waals surface area contributed by atoms with E-state index in [1.807, 2.05) is 12.1 Å². The number of hydrogen-bond acceptors (Lipinski definition) is 6. The van der Waals surface area contributed by atoms with Crippen molar-refractivity contribution in [1.29, 1.82) is 0 Å². The number of carbonyl (C=O) groups is 3. The molecule has 0 aliphatic carbocycles. The fourth-order valence-corrected chi connectivity index (χ4v) is 4.57. The van der Waals surface area contributed by atoms with Gasteiger partial charge in [-0.3, -0.25) is 14.4 Å². The lowest BCUT2D eigenvalue weighted by atomic mass is 9.98. The standard InChI is InChI=1S/C29H29N5O3/c1-19(35)31-23-5-3-4-20(16-23)28(36)21-6-11-27-25(17-21)26(29(37)32-27)18-30-22-7-9-24(10-8-22)34-14-12-33(2)13-15-34/h3-11,16-18,30H,12-15H2,1-2H3,(H,31,35)(H,32,37). The van der Waals surface area contributed by atoms with Gasteiger partial charge in [0.1, 0.15) is 0 Å². The van der Waals surface area contributed by atoms with Crippen LogP contribution in [0.25, 0.3) is 5.57 Å². The van der Waals surface area contributed by atoms with Gasteiger partial charge in [-0.1, -0.05) is 12.1 Å². The van der Waals surface area contributed by atoms with Gasteiger partial charge in [-0.25, -0.2) is 0 Å². The summed E-state index contributed by atoms with van der Waals surface area (Å²) in [6, 6.07) is 20.1. The molecule has 1 saturated heterocycles. The highest BCUT2D eigenvalue weighted by Crippen LogP contribution is 2.33. The van der Waals surface area contributed by atoms with E-state index in [0.29, 0.717) is 33.6 Å². The SMILES string of the molecule is CC(=O)Nc1cccc(C(=O)c2ccc3c(c2)C(=CNc2ccc(N4CCN(C)CC4)cc2)C(=O)N3)c1. The van der Waals surface area contributed by atoms with Crippen molar-refractivity contribution >= 4 is 45.9 Å². The van der Waals surface area contributed by atoms with Crippen molar-refractivity contribution in [3.63, 3.8) is 0 Å². The van der Waals surface area contributed by atoms with Crippen molar-refractivity contribution in [1.82, 2.24) is 4.90 Å². The molecule has 188 valence electrons. The molecule has 3 aromatic rings. The van der Waals surface area contributed by atoms with Gasteiger partial charge in [-0.15, -0.1) is 0 Å². The Hall–Kier alpha value is -4.43. The minimum atomic E-state index is -0.228. The number of likely N-dealkylation sites (N-methyl/N-ethyl adjacent to an activating group) is 1. The zero-order valence-electron chi connectivity index (χ0n) is 20.9. The van der Waals surface area contributed by atoms with Crippen molar-refractivity contribution < 1.29 is 14.4 Å². The molecule has 0 atom stereocenters. The summed E-state index contributed by atoms with van der Waals surface area (Å²) < 4.78 is 0. The quantitative estimate of drug-likeness (QED) is 0.353. The molecule has 37 heavy (non-hydrogen) atoms. The molecular weight excluding hydrogens is 466 g/mol. The predicted octanol–water partition coefficient (Wildman–Crippen LogP) is 4.03. The van der Waals surface area contributed by atoms with E-state index in [-0.39, 0.29) is 17.6 Å². The fraction of sp³-hybridized carbons (Fsp3) is 0.207. The molecule has 2 aliphatic heterocycles. The second kappa shape index (κ2) is 10.3. The van der Waals surface area contributed by atoms with Crippen LogP contribution in [0.3, 0.4) is 0 Å². The van der Waals surface area contributed by atoms with Crippen molar-refractivity contribution in [3.8, 4) is 0 Å².